The molecule has 0 spiro atoms. The van der Waals surface area contributed by atoms with E-state index in [-0.39, 0.29) is 12.0 Å². The van der Waals surface area contributed by atoms with E-state index in [9.17, 15) is 0 Å². The maximum absolute atomic E-state index is 5.92. The predicted molar refractivity (Wildman–Crippen MR) is 67.0 cm³/mol. The van der Waals surface area contributed by atoms with Gasteiger partial charge in [0.2, 0.25) is 5.95 Å². The maximum Gasteiger partial charge on any atom is 0.337 e. The van der Waals surface area contributed by atoms with Crippen molar-refractivity contribution >= 4 is 29.2 Å². The van der Waals surface area contributed by atoms with E-state index >= 15 is 0 Å². The Labute approximate surface area is 108 Å². The number of aromatic nitrogens is 3. The molecule has 0 aliphatic carbocycles. The lowest BCUT2D eigenvalue weighted by Gasteiger charge is -2.03. The van der Waals surface area contributed by atoms with Crippen LogP contribution in [0.15, 0.2) is 18.2 Å². The standard InChI is InChI=1S/C10H10Cl2N4O/c1-2-17-10-14-9(13)16(15-10)6-3-4-7(11)8(12)5-6/h3-5H,2H2,1H3,(H2,13,14,15). The molecule has 1 aromatic carbocycles. The van der Waals surface area contributed by atoms with Gasteiger partial charge in [0, 0.05) is 0 Å². The first-order chi connectivity index (χ1) is 8.11. The van der Waals surface area contributed by atoms with Gasteiger partial charge in [0.25, 0.3) is 0 Å². The van der Waals surface area contributed by atoms with Crippen molar-refractivity contribution in [3.8, 4) is 11.7 Å². The van der Waals surface area contributed by atoms with Gasteiger partial charge in [-0.25, -0.2) is 0 Å². The Bertz CT molecular complexity index is 541. The molecule has 7 heteroatoms. The quantitative estimate of drug-likeness (QED) is 0.933. The molecular weight excluding hydrogens is 263 g/mol. The van der Waals surface area contributed by atoms with Gasteiger partial charge in [-0.2, -0.15) is 9.67 Å². The number of anilines is 1. The predicted octanol–water partition coefficient (Wildman–Crippen LogP) is 2.55. The van der Waals surface area contributed by atoms with Crippen molar-refractivity contribution in [2.75, 3.05) is 12.3 Å². The maximum atomic E-state index is 5.92. The number of nitrogens with two attached hydrogens (primary N) is 1. The monoisotopic (exact) mass is 272 g/mol. The topological polar surface area (TPSA) is 66.0 Å². The number of nitrogen functional groups attached to an aromatic ring is 1. The van der Waals surface area contributed by atoms with E-state index in [1.54, 1.807) is 18.2 Å². The third-order valence-corrected chi connectivity index (χ3v) is 2.77. The summed E-state index contributed by atoms with van der Waals surface area (Å²) in [6.45, 7) is 2.32. The zero-order valence-electron chi connectivity index (χ0n) is 9.02. The Balaban J connectivity index is 2.41. The van der Waals surface area contributed by atoms with E-state index < -0.39 is 0 Å². The number of benzene rings is 1. The van der Waals surface area contributed by atoms with Gasteiger partial charge in [0.1, 0.15) is 0 Å². The highest BCUT2D eigenvalue weighted by atomic mass is 35.5. The van der Waals surface area contributed by atoms with Crippen LogP contribution in [0.4, 0.5) is 5.95 Å². The Morgan fingerprint density at radius 1 is 1.35 bits per heavy atom. The highest BCUT2D eigenvalue weighted by molar-refractivity contribution is 6.42. The lowest BCUT2D eigenvalue weighted by atomic mass is 10.3. The number of hydrogen-bond acceptors (Lipinski definition) is 4. The molecule has 1 aromatic heterocycles. The lowest BCUT2D eigenvalue weighted by Crippen LogP contribution is -2.02. The molecular formula is C10H10Cl2N4O. The molecule has 0 bridgehead atoms. The second-order valence-electron chi connectivity index (χ2n) is 3.20. The smallest absolute Gasteiger partial charge is 0.337 e. The summed E-state index contributed by atoms with van der Waals surface area (Å²) in [5, 5.41) is 5.00. The Morgan fingerprint density at radius 2 is 2.12 bits per heavy atom. The number of halogens is 2. The average Bonchev–Trinajstić information content (AvgIpc) is 2.64. The molecule has 2 N–H and O–H groups in total. The van der Waals surface area contributed by atoms with Crippen LogP contribution in [0.3, 0.4) is 0 Å². The summed E-state index contributed by atoms with van der Waals surface area (Å²) in [6, 6.07) is 5.30. The molecule has 0 saturated carbocycles. The van der Waals surface area contributed by atoms with Crippen molar-refractivity contribution < 1.29 is 4.74 Å². The third-order valence-electron chi connectivity index (χ3n) is 2.03. The molecule has 0 saturated heterocycles. The van der Waals surface area contributed by atoms with Gasteiger partial charge in [-0.05, 0) is 25.1 Å². The minimum absolute atomic E-state index is 0.229. The highest BCUT2D eigenvalue weighted by Gasteiger charge is 2.10. The van der Waals surface area contributed by atoms with Crippen LogP contribution in [-0.4, -0.2) is 21.4 Å². The van der Waals surface area contributed by atoms with Crippen molar-refractivity contribution in [2.45, 2.75) is 6.92 Å². The molecule has 0 unspecified atom stereocenters. The number of rotatable bonds is 3. The van der Waals surface area contributed by atoms with Crippen LogP contribution in [0.2, 0.25) is 10.0 Å². The summed E-state index contributed by atoms with van der Waals surface area (Å²) in [5.74, 6) is 0.229. The molecule has 5 nitrogen and oxygen atoms in total. The highest BCUT2D eigenvalue weighted by Crippen LogP contribution is 2.25. The molecule has 0 fully saturated rings. The molecule has 17 heavy (non-hydrogen) atoms. The molecule has 2 rings (SSSR count). The minimum Gasteiger partial charge on any atom is -0.463 e. The van der Waals surface area contributed by atoms with Crippen LogP contribution in [-0.2, 0) is 0 Å². The first-order valence-electron chi connectivity index (χ1n) is 4.92. The van der Waals surface area contributed by atoms with Gasteiger partial charge >= 0.3 is 6.01 Å². The first kappa shape index (κ1) is 12.0. The van der Waals surface area contributed by atoms with E-state index in [1.165, 1.54) is 4.68 Å². The summed E-state index contributed by atoms with van der Waals surface area (Å²) in [4.78, 5) is 3.96. The summed E-state index contributed by atoms with van der Waals surface area (Å²) in [5.41, 5.74) is 6.40. The molecule has 0 aliphatic rings. The SMILES string of the molecule is CCOc1nc(N)n(-c2ccc(Cl)c(Cl)c2)n1. The fourth-order valence-corrected chi connectivity index (χ4v) is 1.59. The van der Waals surface area contributed by atoms with Crippen LogP contribution in [0.5, 0.6) is 6.01 Å². The van der Waals surface area contributed by atoms with Crippen LogP contribution in [0, 0.1) is 0 Å². The molecule has 2 aromatic rings. The fraction of sp³-hybridized carbons (Fsp3) is 0.200. The van der Waals surface area contributed by atoms with Gasteiger partial charge in [0.05, 0.1) is 22.3 Å². The van der Waals surface area contributed by atoms with Crippen LogP contribution in [0.1, 0.15) is 6.92 Å². The summed E-state index contributed by atoms with van der Waals surface area (Å²) >= 11 is 11.7. The van der Waals surface area contributed by atoms with Crippen LogP contribution >= 0.6 is 23.2 Å². The van der Waals surface area contributed by atoms with Crippen molar-refractivity contribution in [2.24, 2.45) is 0 Å². The Kier molecular flexibility index (Phi) is 3.40. The van der Waals surface area contributed by atoms with Crippen molar-refractivity contribution in [3.05, 3.63) is 28.2 Å². The number of hydrogen-bond donors (Lipinski definition) is 1. The van der Waals surface area contributed by atoms with E-state index in [0.717, 1.165) is 0 Å². The van der Waals surface area contributed by atoms with Gasteiger partial charge in [0.15, 0.2) is 0 Å². The number of nitrogens with zero attached hydrogens (tertiary/aromatic N) is 3. The van der Waals surface area contributed by atoms with Crippen LogP contribution in [0.25, 0.3) is 5.69 Å². The van der Waals surface area contributed by atoms with Crippen LogP contribution < -0.4 is 10.5 Å². The number of ether oxygens (including phenoxy) is 1. The van der Waals surface area contributed by atoms with Gasteiger partial charge in [-0.3, -0.25) is 0 Å². The normalized spacial score (nSPS) is 10.5. The van der Waals surface area contributed by atoms with Crippen molar-refractivity contribution in [3.63, 3.8) is 0 Å². The largest absolute Gasteiger partial charge is 0.463 e. The second kappa shape index (κ2) is 4.81. The molecule has 0 aliphatic heterocycles. The van der Waals surface area contributed by atoms with Gasteiger partial charge in [-0.15, -0.1) is 5.10 Å². The Hall–Kier alpha value is -1.46. The zero-order chi connectivity index (χ0) is 12.4. The van der Waals surface area contributed by atoms with E-state index in [0.29, 0.717) is 22.3 Å². The molecule has 90 valence electrons. The van der Waals surface area contributed by atoms with Gasteiger partial charge in [-0.1, -0.05) is 23.2 Å². The minimum atomic E-state index is 0.229. The first-order valence-corrected chi connectivity index (χ1v) is 5.68. The van der Waals surface area contributed by atoms with E-state index in [4.69, 9.17) is 33.7 Å². The second-order valence-corrected chi connectivity index (χ2v) is 4.01. The molecule has 0 atom stereocenters. The fourth-order valence-electron chi connectivity index (χ4n) is 1.30. The van der Waals surface area contributed by atoms with E-state index in [2.05, 4.69) is 10.1 Å². The molecule has 1 heterocycles. The van der Waals surface area contributed by atoms with Crippen molar-refractivity contribution in [1.29, 1.82) is 0 Å². The summed E-state index contributed by atoms with van der Waals surface area (Å²) in [7, 11) is 0. The summed E-state index contributed by atoms with van der Waals surface area (Å²) in [6.07, 6.45) is 0. The lowest BCUT2D eigenvalue weighted by molar-refractivity contribution is 0.312. The summed E-state index contributed by atoms with van der Waals surface area (Å²) < 4.78 is 6.60. The molecule has 0 radical (unpaired) electrons. The van der Waals surface area contributed by atoms with Crippen molar-refractivity contribution in [1.82, 2.24) is 14.8 Å². The third kappa shape index (κ3) is 2.45. The zero-order valence-corrected chi connectivity index (χ0v) is 10.5. The van der Waals surface area contributed by atoms with Gasteiger partial charge < -0.3 is 10.5 Å². The van der Waals surface area contributed by atoms with E-state index in [1.807, 2.05) is 6.92 Å². The Morgan fingerprint density at radius 3 is 2.76 bits per heavy atom. The molecule has 0 amide bonds. The average molecular weight is 273 g/mol.